The topological polar surface area (TPSA) is 3.24 Å². The summed E-state index contributed by atoms with van der Waals surface area (Å²) in [7, 11) is 0. The largest absolute Gasteiger partial charge is 0.300 e. The van der Waals surface area contributed by atoms with Gasteiger partial charge in [0, 0.05) is 6.04 Å². The summed E-state index contributed by atoms with van der Waals surface area (Å²) in [6.45, 7) is 5.21. The highest BCUT2D eigenvalue weighted by molar-refractivity contribution is 4.83. The van der Waals surface area contributed by atoms with Gasteiger partial charge in [-0.1, -0.05) is 19.8 Å². The number of piperidine rings is 1. The van der Waals surface area contributed by atoms with Crippen molar-refractivity contribution in [3.8, 4) is 0 Å². The van der Waals surface area contributed by atoms with Crippen LogP contribution in [-0.4, -0.2) is 24.0 Å². The maximum Gasteiger partial charge on any atom is 0.0121 e. The number of hydrogen-bond donors (Lipinski definition) is 0. The summed E-state index contributed by atoms with van der Waals surface area (Å²) >= 11 is 0. The predicted molar refractivity (Wildman–Crippen MR) is 52.2 cm³/mol. The van der Waals surface area contributed by atoms with Crippen molar-refractivity contribution in [2.24, 2.45) is 5.92 Å². The molecule has 2 aliphatic rings. The van der Waals surface area contributed by atoms with Crippen LogP contribution in [0.2, 0.25) is 0 Å². The highest BCUT2D eigenvalue weighted by Crippen LogP contribution is 2.29. The zero-order valence-corrected chi connectivity index (χ0v) is 8.26. The summed E-state index contributed by atoms with van der Waals surface area (Å²) in [6, 6.07) is 0.946. The van der Waals surface area contributed by atoms with Gasteiger partial charge < -0.3 is 4.90 Å². The lowest BCUT2D eigenvalue weighted by Crippen LogP contribution is -2.43. The van der Waals surface area contributed by atoms with Gasteiger partial charge in [0.1, 0.15) is 0 Å². The second-order valence-electron chi connectivity index (χ2n) is 4.57. The Kier molecular flexibility index (Phi) is 2.69. The van der Waals surface area contributed by atoms with Gasteiger partial charge in [0.15, 0.2) is 0 Å². The molecule has 2 aliphatic heterocycles. The molecule has 1 nitrogen and oxygen atoms in total. The van der Waals surface area contributed by atoms with Crippen LogP contribution in [0.25, 0.3) is 0 Å². The van der Waals surface area contributed by atoms with E-state index < -0.39 is 0 Å². The molecule has 12 heavy (non-hydrogen) atoms. The predicted octanol–water partition coefficient (Wildman–Crippen LogP) is 2.66. The van der Waals surface area contributed by atoms with Crippen LogP contribution >= 0.6 is 0 Å². The van der Waals surface area contributed by atoms with Gasteiger partial charge in [0.2, 0.25) is 0 Å². The first-order valence-corrected chi connectivity index (χ1v) is 5.62. The maximum absolute atomic E-state index is 2.75. The third-order valence-electron chi connectivity index (χ3n) is 3.68. The molecule has 70 valence electrons. The molecule has 2 fully saturated rings. The molecule has 0 aromatic heterocycles. The zero-order chi connectivity index (χ0) is 8.39. The van der Waals surface area contributed by atoms with Crippen molar-refractivity contribution < 1.29 is 0 Å². The Morgan fingerprint density at radius 1 is 0.917 bits per heavy atom. The van der Waals surface area contributed by atoms with Crippen LogP contribution in [0.15, 0.2) is 0 Å². The van der Waals surface area contributed by atoms with E-state index in [9.17, 15) is 0 Å². The minimum Gasteiger partial charge on any atom is -0.300 e. The molecular weight excluding hydrogens is 146 g/mol. The first kappa shape index (κ1) is 8.55. The Balaban J connectivity index is 2.00. The van der Waals surface area contributed by atoms with Crippen molar-refractivity contribution in [1.82, 2.24) is 4.90 Å². The fraction of sp³-hybridized carbons (Fsp3) is 1.00. The van der Waals surface area contributed by atoms with E-state index in [0.717, 1.165) is 12.0 Å². The average Bonchev–Trinajstić information content (AvgIpc) is 2.30. The molecule has 2 atom stereocenters. The van der Waals surface area contributed by atoms with Crippen LogP contribution in [0, 0.1) is 5.92 Å². The monoisotopic (exact) mass is 167 g/mol. The molecule has 0 aromatic carbocycles. The van der Waals surface area contributed by atoms with Crippen LogP contribution in [0.1, 0.15) is 45.4 Å². The Morgan fingerprint density at radius 2 is 1.75 bits per heavy atom. The highest BCUT2D eigenvalue weighted by atomic mass is 15.2. The summed E-state index contributed by atoms with van der Waals surface area (Å²) in [5.41, 5.74) is 0. The lowest BCUT2D eigenvalue weighted by molar-refractivity contribution is 0.104. The quantitative estimate of drug-likeness (QED) is 0.536. The molecule has 0 amide bonds. The molecule has 1 heteroatoms. The van der Waals surface area contributed by atoms with Gasteiger partial charge in [0.05, 0.1) is 0 Å². The van der Waals surface area contributed by atoms with E-state index in [2.05, 4.69) is 11.8 Å². The minimum absolute atomic E-state index is 0.946. The molecular formula is C11H21N. The van der Waals surface area contributed by atoms with Crippen molar-refractivity contribution in [3.05, 3.63) is 0 Å². The molecule has 0 N–H and O–H groups in total. The molecule has 0 saturated carbocycles. The minimum atomic E-state index is 0.946. The summed E-state index contributed by atoms with van der Waals surface area (Å²) in [6.07, 6.45) is 8.79. The zero-order valence-electron chi connectivity index (χ0n) is 8.26. The molecule has 0 aliphatic carbocycles. The van der Waals surface area contributed by atoms with Crippen LogP contribution in [0.3, 0.4) is 0 Å². The molecule has 2 saturated heterocycles. The fourth-order valence-electron chi connectivity index (χ4n) is 2.92. The Labute approximate surface area is 76.1 Å². The first-order chi connectivity index (χ1) is 5.88. The van der Waals surface area contributed by atoms with E-state index in [1.165, 1.54) is 51.6 Å². The van der Waals surface area contributed by atoms with Crippen LogP contribution in [0.4, 0.5) is 0 Å². The Hall–Kier alpha value is -0.0400. The summed E-state index contributed by atoms with van der Waals surface area (Å²) in [5, 5.41) is 0. The van der Waals surface area contributed by atoms with E-state index in [4.69, 9.17) is 0 Å². The van der Waals surface area contributed by atoms with E-state index >= 15 is 0 Å². The first-order valence-electron chi connectivity index (χ1n) is 5.62. The van der Waals surface area contributed by atoms with E-state index in [1.807, 2.05) is 0 Å². The molecule has 1 unspecified atom stereocenters. The van der Waals surface area contributed by atoms with Crippen LogP contribution < -0.4 is 0 Å². The van der Waals surface area contributed by atoms with Crippen molar-refractivity contribution in [2.45, 2.75) is 51.5 Å². The number of fused-ring (bicyclic) bond motifs is 1. The van der Waals surface area contributed by atoms with Crippen LogP contribution in [-0.2, 0) is 0 Å². The van der Waals surface area contributed by atoms with Gasteiger partial charge in [-0.2, -0.15) is 0 Å². The summed E-state index contributed by atoms with van der Waals surface area (Å²) in [4.78, 5) is 2.75. The summed E-state index contributed by atoms with van der Waals surface area (Å²) in [5.74, 6) is 0.969. The van der Waals surface area contributed by atoms with Crippen molar-refractivity contribution in [1.29, 1.82) is 0 Å². The number of hydrogen-bond acceptors (Lipinski definition) is 1. The lowest BCUT2D eigenvalue weighted by Gasteiger charge is -2.38. The van der Waals surface area contributed by atoms with Gasteiger partial charge in [-0.3, -0.25) is 0 Å². The summed E-state index contributed by atoms with van der Waals surface area (Å²) < 4.78 is 0. The number of rotatable bonds is 0. The standard InChI is InChI=1S/C11H21N/c1-10-6-5-9-12-8-4-2-3-7-11(10)12/h10-11H,2-9H2,1H3/t10-,11?/m0/s1. The van der Waals surface area contributed by atoms with Gasteiger partial charge in [-0.05, 0) is 44.7 Å². The SMILES string of the molecule is C[C@H]1CCCN2CCCCCC12. The highest BCUT2D eigenvalue weighted by Gasteiger charge is 2.28. The molecule has 0 bridgehead atoms. The Bertz CT molecular complexity index is 144. The second-order valence-corrected chi connectivity index (χ2v) is 4.57. The van der Waals surface area contributed by atoms with Gasteiger partial charge in [0.25, 0.3) is 0 Å². The van der Waals surface area contributed by atoms with Crippen LogP contribution in [0.5, 0.6) is 0 Å². The fourth-order valence-corrected chi connectivity index (χ4v) is 2.92. The molecule has 0 spiro atoms. The van der Waals surface area contributed by atoms with Gasteiger partial charge >= 0.3 is 0 Å². The average molecular weight is 167 g/mol. The molecule has 0 aromatic rings. The molecule has 0 radical (unpaired) electrons. The smallest absolute Gasteiger partial charge is 0.0121 e. The third kappa shape index (κ3) is 1.66. The van der Waals surface area contributed by atoms with E-state index in [0.29, 0.717) is 0 Å². The van der Waals surface area contributed by atoms with Crippen molar-refractivity contribution in [3.63, 3.8) is 0 Å². The maximum atomic E-state index is 2.75. The van der Waals surface area contributed by atoms with E-state index in [1.54, 1.807) is 0 Å². The Morgan fingerprint density at radius 3 is 2.67 bits per heavy atom. The molecule has 2 heterocycles. The van der Waals surface area contributed by atoms with Crippen molar-refractivity contribution >= 4 is 0 Å². The molecule has 2 rings (SSSR count). The normalized spacial score (nSPS) is 38.8. The number of nitrogens with zero attached hydrogens (tertiary/aromatic N) is 1. The second kappa shape index (κ2) is 3.78. The van der Waals surface area contributed by atoms with Gasteiger partial charge in [-0.15, -0.1) is 0 Å². The lowest BCUT2D eigenvalue weighted by atomic mass is 9.88. The van der Waals surface area contributed by atoms with E-state index in [-0.39, 0.29) is 0 Å². The third-order valence-corrected chi connectivity index (χ3v) is 3.68. The van der Waals surface area contributed by atoms with Crippen molar-refractivity contribution in [2.75, 3.05) is 13.1 Å². The van der Waals surface area contributed by atoms with Gasteiger partial charge in [-0.25, -0.2) is 0 Å².